The Labute approximate surface area is 288 Å². The van der Waals surface area contributed by atoms with E-state index in [4.69, 9.17) is 15.0 Å². The average Bonchev–Trinajstić information content (AvgIpc) is 3.72. The fourth-order valence-corrected chi connectivity index (χ4v) is 7.32. The topological polar surface area (TPSA) is 48.5 Å². The minimum atomic E-state index is 0.578. The molecular formula is C45H29N5. The Morgan fingerprint density at radius 2 is 0.820 bits per heavy atom. The van der Waals surface area contributed by atoms with E-state index in [2.05, 4.69) is 161 Å². The van der Waals surface area contributed by atoms with Gasteiger partial charge in [0.15, 0.2) is 11.6 Å². The minimum Gasteiger partial charge on any atom is -0.309 e. The first kappa shape index (κ1) is 28.2. The summed E-state index contributed by atoms with van der Waals surface area (Å²) in [5.41, 5.74) is 9.71. The van der Waals surface area contributed by atoms with Gasteiger partial charge in [0.1, 0.15) is 0 Å². The molecule has 0 unspecified atom stereocenters. The molecule has 0 radical (unpaired) electrons. The monoisotopic (exact) mass is 639 g/mol. The Hall–Kier alpha value is -6.85. The zero-order valence-corrected chi connectivity index (χ0v) is 27.0. The van der Waals surface area contributed by atoms with Crippen LogP contribution in [0.15, 0.2) is 176 Å². The molecular weight excluding hydrogens is 611 g/mol. The number of fused-ring (bicyclic) bond motifs is 7. The van der Waals surface area contributed by atoms with Crippen LogP contribution in [0.3, 0.4) is 0 Å². The van der Waals surface area contributed by atoms with Gasteiger partial charge in [-0.05, 0) is 41.5 Å². The predicted molar refractivity (Wildman–Crippen MR) is 205 cm³/mol. The molecule has 0 N–H and O–H groups in total. The van der Waals surface area contributed by atoms with Gasteiger partial charge in [-0.25, -0.2) is 4.98 Å². The maximum absolute atomic E-state index is 5.21. The van der Waals surface area contributed by atoms with Crippen LogP contribution in [0.25, 0.3) is 89.2 Å². The molecule has 3 aromatic heterocycles. The van der Waals surface area contributed by atoms with Crippen LogP contribution in [0.2, 0.25) is 0 Å². The summed E-state index contributed by atoms with van der Waals surface area (Å²) in [7, 11) is 0. The molecule has 0 spiro atoms. The molecule has 0 bridgehead atoms. The maximum Gasteiger partial charge on any atom is 0.238 e. The van der Waals surface area contributed by atoms with Gasteiger partial charge in [0.25, 0.3) is 0 Å². The average molecular weight is 640 g/mol. The Bertz CT molecular complexity index is 2840. The first-order valence-corrected chi connectivity index (χ1v) is 16.8. The Kier molecular flexibility index (Phi) is 6.42. The zero-order chi connectivity index (χ0) is 33.0. The fourth-order valence-electron chi connectivity index (χ4n) is 7.32. The van der Waals surface area contributed by atoms with Crippen LogP contribution in [0.1, 0.15) is 0 Å². The van der Waals surface area contributed by atoms with Gasteiger partial charge in [-0.2, -0.15) is 9.97 Å². The zero-order valence-electron chi connectivity index (χ0n) is 27.0. The summed E-state index contributed by atoms with van der Waals surface area (Å²) in [6.07, 6.45) is 0. The molecule has 7 aromatic carbocycles. The molecule has 0 amide bonds. The van der Waals surface area contributed by atoms with Crippen molar-refractivity contribution in [1.82, 2.24) is 24.1 Å². The number of hydrogen-bond donors (Lipinski definition) is 0. The summed E-state index contributed by atoms with van der Waals surface area (Å²) in [6, 6.07) is 61.4. The van der Waals surface area contributed by atoms with Gasteiger partial charge in [0, 0.05) is 38.4 Å². The highest BCUT2D eigenvalue weighted by atomic mass is 15.2. The molecule has 0 atom stereocenters. The number of para-hydroxylation sites is 3. The van der Waals surface area contributed by atoms with Gasteiger partial charge in [-0.15, -0.1) is 0 Å². The van der Waals surface area contributed by atoms with Crippen LogP contribution in [-0.2, 0) is 0 Å². The van der Waals surface area contributed by atoms with Crippen molar-refractivity contribution in [2.75, 3.05) is 0 Å². The third kappa shape index (κ3) is 4.45. The molecule has 3 heterocycles. The highest BCUT2D eigenvalue weighted by Crippen LogP contribution is 2.41. The standard InChI is InChI=1S/C45H29N5/c1-4-14-30(15-5-1)31-24-26-33(27-25-31)44-46-43(32-16-6-2-7-17-32)47-45(48-44)50-39-23-13-11-21-37(39)41-40(50)29-28-36-35-20-10-12-22-38(35)49(42(36)41)34-18-8-3-9-19-34/h1-29H. The second kappa shape index (κ2) is 11.4. The third-order valence-electron chi connectivity index (χ3n) is 9.59. The normalized spacial score (nSPS) is 11.6. The SMILES string of the molecule is c1ccc(-c2ccc(-c3nc(-c4ccccc4)nc(-n4c5ccccc5c5c4ccc4c6ccccc6n(-c6ccccc6)c45)n3)cc2)cc1. The summed E-state index contributed by atoms with van der Waals surface area (Å²) in [5.74, 6) is 1.83. The molecule has 5 heteroatoms. The van der Waals surface area contributed by atoms with Crippen molar-refractivity contribution < 1.29 is 0 Å². The van der Waals surface area contributed by atoms with Crippen molar-refractivity contribution in [2.45, 2.75) is 0 Å². The lowest BCUT2D eigenvalue weighted by Gasteiger charge is -2.11. The van der Waals surface area contributed by atoms with Gasteiger partial charge in [0.05, 0.1) is 22.1 Å². The summed E-state index contributed by atoms with van der Waals surface area (Å²) in [5, 5.41) is 4.73. The van der Waals surface area contributed by atoms with E-state index >= 15 is 0 Å². The number of hydrogen-bond acceptors (Lipinski definition) is 3. The molecule has 0 aliphatic rings. The predicted octanol–water partition coefficient (Wildman–Crippen LogP) is 11.1. The van der Waals surface area contributed by atoms with E-state index in [1.807, 2.05) is 24.3 Å². The number of rotatable bonds is 5. The van der Waals surface area contributed by atoms with Gasteiger partial charge in [0.2, 0.25) is 5.95 Å². The lowest BCUT2D eigenvalue weighted by molar-refractivity contribution is 0.953. The van der Waals surface area contributed by atoms with Gasteiger partial charge >= 0.3 is 0 Å². The van der Waals surface area contributed by atoms with Gasteiger partial charge < -0.3 is 4.57 Å². The van der Waals surface area contributed by atoms with E-state index in [9.17, 15) is 0 Å². The Morgan fingerprint density at radius 3 is 1.50 bits per heavy atom. The van der Waals surface area contributed by atoms with Gasteiger partial charge in [-0.3, -0.25) is 4.57 Å². The van der Waals surface area contributed by atoms with Crippen LogP contribution >= 0.6 is 0 Å². The molecule has 0 fully saturated rings. The molecule has 0 saturated heterocycles. The van der Waals surface area contributed by atoms with E-state index in [1.165, 1.54) is 27.4 Å². The van der Waals surface area contributed by atoms with Crippen molar-refractivity contribution >= 4 is 43.6 Å². The van der Waals surface area contributed by atoms with Crippen molar-refractivity contribution in [2.24, 2.45) is 0 Å². The molecule has 5 nitrogen and oxygen atoms in total. The minimum absolute atomic E-state index is 0.578. The van der Waals surface area contributed by atoms with E-state index in [0.29, 0.717) is 17.6 Å². The summed E-state index contributed by atoms with van der Waals surface area (Å²) < 4.78 is 4.60. The summed E-state index contributed by atoms with van der Waals surface area (Å²) in [6.45, 7) is 0. The lowest BCUT2D eigenvalue weighted by atomic mass is 10.0. The second-order valence-electron chi connectivity index (χ2n) is 12.5. The summed E-state index contributed by atoms with van der Waals surface area (Å²) in [4.78, 5) is 15.4. The largest absolute Gasteiger partial charge is 0.309 e. The van der Waals surface area contributed by atoms with Crippen LogP contribution in [0.4, 0.5) is 0 Å². The highest BCUT2D eigenvalue weighted by Gasteiger charge is 2.22. The van der Waals surface area contributed by atoms with Crippen LogP contribution in [0.5, 0.6) is 0 Å². The summed E-state index contributed by atoms with van der Waals surface area (Å²) >= 11 is 0. The second-order valence-corrected chi connectivity index (χ2v) is 12.5. The molecule has 0 aliphatic carbocycles. The van der Waals surface area contributed by atoms with Crippen LogP contribution in [0, 0.1) is 0 Å². The van der Waals surface area contributed by atoms with E-state index < -0.39 is 0 Å². The number of nitrogens with zero attached hydrogens (tertiary/aromatic N) is 5. The highest BCUT2D eigenvalue weighted by molar-refractivity contribution is 6.26. The molecule has 0 saturated carbocycles. The van der Waals surface area contributed by atoms with Crippen molar-refractivity contribution in [3.05, 3.63) is 176 Å². The quantitative estimate of drug-likeness (QED) is 0.188. The number of aromatic nitrogens is 5. The number of benzene rings is 7. The van der Waals surface area contributed by atoms with Crippen LogP contribution < -0.4 is 0 Å². The van der Waals surface area contributed by atoms with Crippen molar-refractivity contribution in [1.29, 1.82) is 0 Å². The van der Waals surface area contributed by atoms with Crippen molar-refractivity contribution in [3.63, 3.8) is 0 Å². The Balaban J connectivity index is 1.27. The molecule has 10 aromatic rings. The van der Waals surface area contributed by atoms with Crippen molar-refractivity contribution in [3.8, 4) is 45.5 Å². The lowest BCUT2D eigenvalue weighted by Crippen LogP contribution is -2.06. The maximum atomic E-state index is 5.21. The van der Waals surface area contributed by atoms with Gasteiger partial charge in [-0.1, -0.05) is 146 Å². The first-order chi connectivity index (χ1) is 24.8. The molecule has 50 heavy (non-hydrogen) atoms. The first-order valence-electron chi connectivity index (χ1n) is 16.8. The van der Waals surface area contributed by atoms with Crippen LogP contribution in [-0.4, -0.2) is 24.1 Å². The van der Waals surface area contributed by atoms with E-state index in [0.717, 1.165) is 44.2 Å². The molecule has 234 valence electrons. The van der Waals surface area contributed by atoms with E-state index in [-0.39, 0.29) is 0 Å². The molecule has 0 aliphatic heterocycles. The van der Waals surface area contributed by atoms with E-state index in [1.54, 1.807) is 0 Å². The third-order valence-corrected chi connectivity index (χ3v) is 9.59. The fraction of sp³-hybridized carbons (Fsp3) is 0. The Morgan fingerprint density at radius 1 is 0.320 bits per heavy atom. The molecule has 10 rings (SSSR count). The smallest absolute Gasteiger partial charge is 0.238 e.